The van der Waals surface area contributed by atoms with E-state index in [2.05, 4.69) is 10.0 Å². The molecule has 0 saturated carbocycles. The van der Waals surface area contributed by atoms with Gasteiger partial charge in [-0.1, -0.05) is 12.1 Å². The Morgan fingerprint density at radius 1 is 1.29 bits per heavy atom. The van der Waals surface area contributed by atoms with Gasteiger partial charge in [-0.25, -0.2) is 13.1 Å². The number of piperidine rings is 1. The number of nitrogens with zero attached hydrogens (tertiary/aromatic N) is 1. The summed E-state index contributed by atoms with van der Waals surface area (Å²) in [6, 6.07) is 7.74. The Labute approximate surface area is 125 Å². The maximum absolute atomic E-state index is 12.6. The zero-order chi connectivity index (χ0) is 15.0. The van der Waals surface area contributed by atoms with Crippen LogP contribution >= 0.6 is 0 Å². The lowest BCUT2D eigenvalue weighted by Gasteiger charge is -2.29. The van der Waals surface area contributed by atoms with Gasteiger partial charge < -0.3 is 5.32 Å². The topological polar surface area (TPSA) is 82.0 Å². The summed E-state index contributed by atoms with van der Waals surface area (Å²) >= 11 is 0. The van der Waals surface area contributed by atoms with Crippen LogP contribution < -0.4 is 10.0 Å². The summed E-state index contributed by atoms with van der Waals surface area (Å²) in [7, 11) is -3.64. The molecular weight excluding hydrogens is 286 g/mol. The quantitative estimate of drug-likeness (QED) is 0.885. The maximum Gasteiger partial charge on any atom is 0.242 e. The molecule has 2 heterocycles. The Morgan fingerprint density at radius 3 is 2.57 bits per heavy atom. The molecule has 0 aliphatic carbocycles. The average Bonchev–Trinajstić information content (AvgIpc) is 2.77. The fraction of sp³-hybridized carbons (Fsp3) is 0.533. The Hall–Kier alpha value is -1.42. The highest BCUT2D eigenvalue weighted by Crippen LogP contribution is 2.28. The van der Waals surface area contributed by atoms with Crippen LogP contribution in [0.4, 0.5) is 0 Å². The molecule has 2 atom stereocenters. The van der Waals surface area contributed by atoms with E-state index in [0.29, 0.717) is 17.6 Å². The Bertz CT molecular complexity index is 681. The van der Waals surface area contributed by atoms with Crippen molar-refractivity contribution in [3.8, 4) is 6.07 Å². The molecule has 5 nitrogen and oxygen atoms in total. The SMILES string of the molecule is Cc1cccc(S(=O)(=O)NC2CC3CCC(C2)N3)c1C#N. The van der Waals surface area contributed by atoms with E-state index in [4.69, 9.17) is 0 Å². The molecule has 2 aliphatic rings. The van der Waals surface area contributed by atoms with Crippen molar-refractivity contribution in [3.05, 3.63) is 29.3 Å². The number of fused-ring (bicyclic) bond motifs is 2. The lowest BCUT2D eigenvalue weighted by atomic mass is 10.0. The summed E-state index contributed by atoms with van der Waals surface area (Å²) in [5, 5.41) is 12.7. The van der Waals surface area contributed by atoms with E-state index in [9.17, 15) is 13.7 Å². The number of hydrogen-bond donors (Lipinski definition) is 2. The molecule has 21 heavy (non-hydrogen) atoms. The lowest BCUT2D eigenvalue weighted by Crippen LogP contribution is -2.48. The minimum Gasteiger partial charge on any atom is -0.311 e. The summed E-state index contributed by atoms with van der Waals surface area (Å²) < 4.78 is 28.0. The van der Waals surface area contributed by atoms with Crippen LogP contribution in [0, 0.1) is 18.3 Å². The van der Waals surface area contributed by atoms with E-state index >= 15 is 0 Å². The minimum atomic E-state index is -3.64. The van der Waals surface area contributed by atoms with Gasteiger partial charge in [0, 0.05) is 18.1 Å². The third-order valence-electron chi connectivity index (χ3n) is 4.43. The highest BCUT2D eigenvalue weighted by molar-refractivity contribution is 7.89. The van der Waals surface area contributed by atoms with Gasteiger partial charge in [-0.3, -0.25) is 0 Å². The minimum absolute atomic E-state index is 0.0409. The van der Waals surface area contributed by atoms with Gasteiger partial charge in [-0.2, -0.15) is 5.26 Å². The van der Waals surface area contributed by atoms with Gasteiger partial charge in [0.25, 0.3) is 0 Å². The number of hydrogen-bond acceptors (Lipinski definition) is 4. The lowest BCUT2D eigenvalue weighted by molar-refractivity contribution is 0.345. The van der Waals surface area contributed by atoms with E-state index in [1.165, 1.54) is 6.07 Å². The van der Waals surface area contributed by atoms with Crippen LogP contribution in [0.3, 0.4) is 0 Å². The molecule has 2 fully saturated rings. The zero-order valence-electron chi connectivity index (χ0n) is 12.0. The predicted molar refractivity (Wildman–Crippen MR) is 79.2 cm³/mol. The van der Waals surface area contributed by atoms with Gasteiger partial charge in [-0.15, -0.1) is 0 Å². The van der Waals surface area contributed by atoms with Crippen molar-refractivity contribution < 1.29 is 8.42 Å². The molecule has 0 spiro atoms. The molecule has 2 bridgehead atoms. The van der Waals surface area contributed by atoms with Crippen LogP contribution in [0.1, 0.15) is 36.8 Å². The van der Waals surface area contributed by atoms with Gasteiger partial charge in [-0.05, 0) is 44.2 Å². The van der Waals surface area contributed by atoms with E-state index in [-0.39, 0.29) is 16.5 Å². The summed E-state index contributed by atoms with van der Waals surface area (Å²) in [5.74, 6) is 0. The second-order valence-electron chi connectivity index (χ2n) is 5.99. The molecule has 6 heteroatoms. The molecule has 2 N–H and O–H groups in total. The van der Waals surface area contributed by atoms with E-state index in [1.807, 2.05) is 6.07 Å². The molecular formula is C15H19N3O2S. The summed E-state index contributed by atoms with van der Waals surface area (Å²) in [5.41, 5.74) is 0.924. The van der Waals surface area contributed by atoms with Crippen molar-refractivity contribution in [2.45, 2.75) is 55.6 Å². The fourth-order valence-electron chi connectivity index (χ4n) is 3.44. The van der Waals surface area contributed by atoms with Gasteiger partial charge in [0.05, 0.1) is 5.56 Å². The first-order valence-corrected chi connectivity index (χ1v) is 8.76. The Kier molecular flexibility index (Phi) is 3.74. The molecule has 0 radical (unpaired) electrons. The number of benzene rings is 1. The molecule has 2 saturated heterocycles. The molecule has 112 valence electrons. The number of sulfonamides is 1. The second kappa shape index (κ2) is 5.41. The average molecular weight is 305 g/mol. The zero-order valence-corrected chi connectivity index (χ0v) is 12.8. The fourth-order valence-corrected chi connectivity index (χ4v) is 4.94. The van der Waals surface area contributed by atoms with Crippen LogP contribution in [-0.2, 0) is 10.0 Å². The summed E-state index contributed by atoms with van der Waals surface area (Å²) in [6.45, 7) is 1.75. The summed E-state index contributed by atoms with van der Waals surface area (Å²) in [6.07, 6.45) is 3.89. The van der Waals surface area contributed by atoms with Gasteiger partial charge >= 0.3 is 0 Å². The van der Waals surface area contributed by atoms with E-state index in [1.54, 1.807) is 19.1 Å². The maximum atomic E-state index is 12.6. The molecule has 1 aromatic carbocycles. The number of nitrogens with one attached hydrogen (secondary N) is 2. The van der Waals surface area contributed by atoms with Gasteiger partial charge in [0.1, 0.15) is 11.0 Å². The van der Waals surface area contributed by atoms with Crippen LogP contribution in [0.15, 0.2) is 23.1 Å². The van der Waals surface area contributed by atoms with Gasteiger partial charge in [0.15, 0.2) is 0 Å². The summed E-state index contributed by atoms with van der Waals surface area (Å²) in [4.78, 5) is 0.0934. The highest BCUT2D eigenvalue weighted by Gasteiger charge is 2.35. The van der Waals surface area contributed by atoms with Crippen molar-refractivity contribution in [1.29, 1.82) is 5.26 Å². The van der Waals surface area contributed by atoms with Crippen LogP contribution in [0.2, 0.25) is 0 Å². The van der Waals surface area contributed by atoms with Crippen molar-refractivity contribution in [2.24, 2.45) is 0 Å². The Morgan fingerprint density at radius 2 is 1.95 bits per heavy atom. The third-order valence-corrected chi connectivity index (χ3v) is 5.99. The standard InChI is InChI=1S/C15H19N3O2S/c1-10-3-2-4-15(14(10)9-16)21(19,20)18-13-7-11-5-6-12(8-13)17-11/h2-4,11-13,17-18H,5-8H2,1H3. The van der Waals surface area contributed by atoms with E-state index < -0.39 is 10.0 Å². The second-order valence-corrected chi connectivity index (χ2v) is 7.67. The first-order chi connectivity index (χ1) is 9.99. The van der Waals surface area contributed by atoms with Gasteiger partial charge in [0.2, 0.25) is 10.0 Å². The smallest absolute Gasteiger partial charge is 0.242 e. The molecule has 0 aromatic heterocycles. The van der Waals surface area contributed by atoms with Crippen LogP contribution in [0.5, 0.6) is 0 Å². The molecule has 1 aromatic rings. The normalized spacial score (nSPS) is 28.3. The van der Waals surface area contributed by atoms with Crippen LogP contribution in [0.25, 0.3) is 0 Å². The van der Waals surface area contributed by atoms with E-state index in [0.717, 1.165) is 25.7 Å². The first-order valence-electron chi connectivity index (χ1n) is 7.27. The molecule has 2 unspecified atom stereocenters. The molecule has 0 amide bonds. The number of rotatable bonds is 3. The molecule has 2 aliphatic heterocycles. The van der Waals surface area contributed by atoms with Crippen molar-refractivity contribution in [1.82, 2.24) is 10.0 Å². The third kappa shape index (κ3) is 2.82. The predicted octanol–water partition coefficient (Wildman–Crippen LogP) is 1.43. The largest absolute Gasteiger partial charge is 0.311 e. The first kappa shape index (κ1) is 14.5. The monoisotopic (exact) mass is 305 g/mol. The number of nitriles is 1. The molecule has 3 rings (SSSR count). The number of aryl methyl sites for hydroxylation is 1. The van der Waals surface area contributed by atoms with Crippen molar-refractivity contribution in [3.63, 3.8) is 0 Å². The Balaban J connectivity index is 1.85. The van der Waals surface area contributed by atoms with Crippen molar-refractivity contribution >= 4 is 10.0 Å². The highest BCUT2D eigenvalue weighted by atomic mass is 32.2. The van der Waals surface area contributed by atoms with Crippen molar-refractivity contribution in [2.75, 3.05) is 0 Å². The van der Waals surface area contributed by atoms with Crippen LogP contribution in [-0.4, -0.2) is 26.5 Å².